The number of aliphatic hydroxyl groups is 1. The molecule has 0 aliphatic carbocycles. The highest BCUT2D eigenvalue weighted by atomic mass is 16.2. The maximum absolute atomic E-state index is 8.70. The topological polar surface area (TPSA) is 45.1 Å². The molecule has 0 spiro atoms. The monoisotopic (exact) mass is 272 g/mol. The Morgan fingerprint density at radius 2 is 1.80 bits per heavy atom. The minimum atomic E-state index is 0.321. The first-order valence-corrected chi connectivity index (χ1v) is 7.56. The van der Waals surface area contributed by atoms with Crippen molar-refractivity contribution in [3.8, 4) is 0 Å². The molecular formula is C17H24N2O. The lowest BCUT2D eigenvalue weighted by Crippen LogP contribution is -2.18. The number of hydrogen-bond acceptors (Lipinski definition) is 3. The maximum Gasteiger partial charge on any atom is 0.0734 e. The molecule has 0 saturated carbocycles. The third-order valence-corrected chi connectivity index (χ3v) is 3.55. The quantitative estimate of drug-likeness (QED) is 0.690. The van der Waals surface area contributed by atoms with Gasteiger partial charge in [-0.1, -0.05) is 37.1 Å². The van der Waals surface area contributed by atoms with Crippen molar-refractivity contribution < 1.29 is 5.11 Å². The van der Waals surface area contributed by atoms with E-state index in [2.05, 4.69) is 34.6 Å². The zero-order valence-electron chi connectivity index (χ0n) is 12.0. The first-order valence-electron chi connectivity index (χ1n) is 7.56. The Balaban J connectivity index is 1.71. The van der Waals surface area contributed by atoms with E-state index in [1.807, 2.05) is 12.3 Å². The number of pyridine rings is 1. The van der Waals surface area contributed by atoms with Gasteiger partial charge < -0.3 is 10.4 Å². The van der Waals surface area contributed by atoms with Crippen LogP contribution < -0.4 is 5.32 Å². The summed E-state index contributed by atoms with van der Waals surface area (Å²) in [5.41, 5.74) is 2.44. The highest BCUT2D eigenvalue weighted by Crippen LogP contribution is 2.15. The second-order valence-corrected chi connectivity index (χ2v) is 5.13. The number of fused-ring (bicyclic) bond motifs is 1. The van der Waals surface area contributed by atoms with E-state index in [-0.39, 0.29) is 0 Å². The van der Waals surface area contributed by atoms with E-state index in [0.29, 0.717) is 6.61 Å². The third-order valence-electron chi connectivity index (χ3n) is 3.55. The van der Waals surface area contributed by atoms with Crippen molar-refractivity contribution in [1.29, 1.82) is 0 Å². The predicted octanol–water partition coefficient (Wildman–Crippen LogP) is 2.92. The lowest BCUT2D eigenvalue weighted by molar-refractivity contribution is 0.282. The number of aliphatic hydroxyl groups excluding tert-OH is 1. The van der Waals surface area contributed by atoms with Crippen molar-refractivity contribution in [3.05, 3.63) is 42.1 Å². The average Bonchev–Trinajstić information content (AvgIpc) is 2.50. The normalized spacial score (nSPS) is 11.1. The minimum Gasteiger partial charge on any atom is -0.396 e. The molecule has 0 saturated heterocycles. The summed E-state index contributed by atoms with van der Waals surface area (Å²) in [6.45, 7) is 2.38. The van der Waals surface area contributed by atoms with Gasteiger partial charge in [0.2, 0.25) is 0 Å². The molecule has 1 aromatic heterocycles. The van der Waals surface area contributed by atoms with Crippen LogP contribution in [0.4, 0.5) is 0 Å². The zero-order chi connectivity index (χ0) is 14.0. The van der Waals surface area contributed by atoms with E-state index >= 15 is 0 Å². The predicted molar refractivity (Wildman–Crippen MR) is 83.9 cm³/mol. The number of benzene rings is 1. The van der Waals surface area contributed by atoms with Crippen molar-refractivity contribution in [2.75, 3.05) is 19.7 Å². The Labute approximate surface area is 121 Å². The van der Waals surface area contributed by atoms with Crippen LogP contribution >= 0.6 is 0 Å². The standard InChI is InChI=1S/C17H24N2O/c20-14-4-2-1-3-11-18-13-10-16-8-5-7-15-9-6-12-19-17(15)16/h5-9,12,18,20H,1-4,10-11,13-14H2. The summed E-state index contributed by atoms with van der Waals surface area (Å²) in [6, 6.07) is 10.5. The highest BCUT2D eigenvalue weighted by Gasteiger charge is 2.00. The van der Waals surface area contributed by atoms with E-state index in [1.54, 1.807) is 0 Å². The van der Waals surface area contributed by atoms with E-state index in [4.69, 9.17) is 5.11 Å². The molecule has 20 heavy (non-hydrogen) atoms. The Hall–Kier alpha value is -1.45. The third kappa shape index (κ3) is 4.58. The van der Waals surface area contributed by atoms with Gasteiger partial charge in [0.15, 0.2) is 0 Å². The Morgan fingerprint density at radius 3 is 2.70 bits per heavy atom. The second kappa shape index (κ2) is 8.67. The van der Waals surface area contributed by atoms with Gasteiger partial charge in [-0.15, -0.1) is 0 Å². The largest absolute Gasteiger partial charge is 0.396 e. The first kappa shape index (κ1) is 14.9. The van der Waals surface area contributed by atoms with Crippen LogP contribution in [0, 0.1) is 0 Å². The first-order chi connectivity index (χ1) is 9.92. The zero-order valence-corrected chi connectivity index (χ0v) is 12.0. The highest BCUT2D eigenvalue weighted by molar-refractivity contribution is 5.81. The van der Waals surface area contributed by atoms with Crippen LogP contribution in [-0.2, 0) is 6.42 Å². The van der Waals surface area contributed by atoms with Gasteiger partial charge in [-0.05, 0) is 44.0 Å². The lowest BCUT2D eigenvalue weighted by atomic mass is 10.1. The van der Waals surface area contributed by atoms with Gasteiger partial charge in [0.05, 0.1) is 5.52 Å². The minimum absolute atomic E-state index is 0.321. The van der Waals surface area contributed by atoms with Crippen molar-refractivity contribution >= 4 is 10.9 Å². The van der Waals surface area contributed by atoms with E-state index in [1.165, 1.54) is 23.8 Å². The lowest BCUT2D eigenvalue weighted by Gasteiger charge is -2.07. The van der Waals surface area contributed by atoms with Crippen LogP contribution in [0.1, 0.15) is 31.2 Å². The van der Waals surface area contributed by atoms with E-state index in [9.17, 15) is 0 Å². The number of unbranched alkanes of at least 4 members (excludes halogenated alkanes) is 3. The number of rotatable bonds is 9. The molecule has 3 heteroatoms. The summed E-state index contributed by atoms with van der Waals surface area (Å²) >= 11 is 0. The van der Waals surface area contributed by atoms with E-state index in [0.717, 1.165) is 37.9 Å². The SMILES string of the molecule is OCCCCCCNCCc1cccc2cccnc12. The average molecular weight is 272 g/mol. The van der Waals surface area contributed by atoms with Gasteiger partial charge in [0, 0.05) is 18.2 Å². The molecule has 1 aromatic carbocycles. The number of nitrogens with one attached hydrogen (secondary N) is 1. The van der Waals surface area contributed by atoms with Crippen LogP contribution in [-0.4, -0.2) is 29.8 Å². The summed E-state index contributed by atoms with van der Waals surface area (Å²) in [5, 5.41) is 13.4. The molecule has 0 bridgehead atoms. The van der Waals surface area contributed by atoms with Gasteiger partial charge >= 0.3 is 0 Å². The molecule has 0 aliphatic heterocycles. The van der Waals surface area contributed by atoms with Crippen LogP contribution in [0.15, 0.2) is 36.5 Å². The second-order valence-electron chi connectivity index (χ2n) is 5.13. The molecule has 0 unspecified atom stereocenters. The van der Waals surface area contributed by atoms with Gasteiger partial charge in [0.25, 0.3) is 0 Å². The molecule has 0 fully saturated rings. The molecule has 0 atom stereocenters. The molecule has 2 N–H and O–H groups in total. The molecule has 108 valence electrons. The fraction of sp³-hybridized carbons (Fsp3) is 0.471. The Bertz CT molecular complexity index is 508. The smallest absolute Gasteiger partial charge is 0.0734 e. The summed E-state index contributed by atoms with van der Waals surface area (Å²) in [4.78, 5) is 4.48. The molecule has 3 nitrogen and oxygen atoms in total. The fourth-order valence-corrected chi connectivity index (χ4v) is 2.43. The van der Waals surface area contributed by atoms with Gasteiger partial charge in [-0.3, -0.25) is 4.98 Å². The van der Waals surface area contributed by atoms with Crippen molar-refractivity contribution in [2.45, 2.75) is 32.1 Å². The summed E-state index contributed by atoms with van der Waals surface area (Å²) in [5.74, 6) is 0. The number of nitrogens with zero attached hydrogens (tertiary/aromatic N) is 1. The van der Waals surface area contributed by atoms with Gasteiger partial charge in [-0.2, -0.15) is 0 Å². The molecule has 0 radical (unpaired) electrons. The van der Waals surface area contributed by atoms with Crippen LogP contribution in [0.25, 0.3) is 10.9 Å². The van der Waals surface area contributed by atoms with E-state index < -0.39 is 0 Å². The van der Waals surface area contributed by atoms with Crippen molar-refractivity contribution in [3.63, 3.8) is 0 Å². The molecule has 0 aliphatic rings. The number of para-hydroxylation sites is 1. The molecule has 2 rings (SSSR count). The molecular weight excluding hydrogens is 248 g/mol. The Morgan fingerprint density at radius 1 is 0.950 bits per heavy atom. The van der Waals surface area contributed by atoms with Crippen molar-refractivity contribution in [1.82, 2.24) is 10.3 Å². The summed E-state index contributed by atoms with van der Waals surface area (Å²) in [6.07, 6.45) is 7.33. The number of hydrogen-bond donors (Lipinski definition) is 2. The fourth-order valence-electron chi connectivity index (χ4n) is 2.43. The molecule has 0 amide bonds. The Kier molecular flexibility index (Phi) is 6.48. The summed E-state index contributed by atoms with van der Waals surface area (Å²) in [7, 11) is 0. The molecule has 2 aromatic rings. The van der Waals surface area contributed by atoms with Crippen LogP contribution in [0.5, 0.6) is 0 Å². The summed E-state index contributed by atoms with van der Waals surface area (Å²) < 4.78 is 0. The number of aromatic nitrogens is 1. The van der Waals surface area contributed by atoms with Crippen LogP contribution in [0.3, 0.4) is 0 Å². The van der Waals surface area contributed by atoms with Crippen LogP contribution in [0.2, 0.25) is 0 Å². The molecule has 1 heterocycles. The van der Waals surface area contributed by atoms with Crippen molar-refractivity contribution in [2.24, 2.45) is 0 Å². The van der Waals surface area contributed by atoms with Gasteiger partial charge in [0.1, 0.15) is 0 Å². The maximum atomic E-state index is 8.70. The van der Waals surface area contributed by atoms with Gasteiger partial charge in [-0.25, -0.2) is 0 Å².